The van der Waals surface area contributed by atoms with Gasteiger partial charge in [-0.2, -0.15) is 0 Å². The number of hydrogen-bond acceptors (Lipinski definition) is 8. The molecule has 1 fully saturated rings. The highest BCUT2D eigenvalue weighted by Crippen LogP contribution is 2.57. The van der Waals surface area contributed by atoms with Crippen LogP contribution in [0.1, 0.15) is 59.9 Å². The van der Waals surface area contributed by atoms with Gasteiger partial charge in [-0.1, -0.05) is 13.8 Å². The predicted octanol–water partition coefficient (Wildman–Crippen LogP) is 5.01. The third-order valence-corrected chi connectivity index (χ3v) is 10.1. The number of carbonyl (C=O) groups excluding carboxylic acids is 1. The van der Waals surface area contributed by atoms with Crippen LogP contribution < -0.4 is 19.7 Å². The van der Waals surface area contributed by atoms with Gasteiger partial charge in [0, 0.05) is 60.6 Å². The smallest absolute Gasteiger partial charge is 0.238 e. The van der Waals surface area contributed by atoms with E-state index in [1.807, 2.05) is 27.7 Å². The number of nitrogens with one attached hydrogen (secondary N) is 2. The molecule has 3 heterocycles. The molecule has 0 saturated heterocycles. The van der Waals surface area contributed by atoms with Crippen molar-refractivity contribution in [2.45, 2.75) is 77.2 Å². The van der Waals surface area contributed by atoms with Crippen LogP contribution in [0.5, 0.6) is 5.88 Å². The van der Waals surface area contributed by atoms with Crippen molar-refractivity contribution in [1.29, 1.82) is 0 Å². The summed E-state index contributed by atoms with van der Waals surface area (Å²) in [5.41, 5.74) is 1.99. The fourth-order valence-corrected chi connectivity index (χ4v) is 6.71. The number of rotatable bonds is 12. The van der Waals surface area contributed by atoms with Gasteiger partial charge in [0.25, 0.3) is 0 Å². The molecule has 238 valence electrons. The topological polar surface area (TPSA) is 123 Å². The highest BCUT2D eigenvalue weighted by Gasteiger charge is 2.58. The van der Waals surface area contributed by atoms with Gasteiger partial charge in [0.05, 0.1) is 34.2 Å². The number of hydrogen-bond donors (Lipinski definition) is 2. The Hall–Kier alpha value is -3.35. The van der Waals surface area contributed by atoms with Gasteiger partial charge in [0.2, 0.25) is 21.8 Å². The van der Waals surface area contributed by atoms with Crippen LogP contribution in [0.3, 0.4) is 0 Å². The summed E-state index contributed by atoms with van der Waals surface area (Å²) in [6, 6.07) is 4.86. The molecule has 12 heteroatoms. The van der Waals surface area contributed by atoms with E-state index < -0.39 is 26.5 Å². The van der Waals surface area contributed by atoms with E-state index >= 15 is 4.39 Å². The molecule has 5 rings (SSSR count). The predicted molar refractivity (Wildman–Crippen MR) is 170 cm³/mol. The molecule has 0 radical (unpaired) electrons. The summed E-state index contributed by atoms with van der Waals surface area (Å²) in [6.45, 7) is 12.5. The van der Waals surface area contributed by atoms with Gasteiger partial charge in [-0.15, -0.1) is 0 Å². The van der Waals surface area contributed by atoms with Crippen molar-refractivity contribution in [3.63, 3.8) is 0 Å². The monoisotopic (exact) mass is 627 g/mol. The molecule has 44 heavy (non-hydrogen) atoms. The summed E-state index contributed by atoms with van der Waals surface area (Å²) < 4.78 is 55.6. The van der Waals surface area contributed by atoms with Crippen LogP contribution in [0.2, 0.25) is 0 Å². The van der Waals surface area contributed by atoms with E-state index in [2.05, 4.69) is 20.0 Å². The number of likely N-dealkylation sites (N-methyl/N-ethyl adjacent to an activating group) is 1. The zero-order valence-electron chi connectivity index (χ0n) is 26.4. The van der Waals surface area contributed by atoms with Gasteiger partial charge < -0.3 is 19.7 Å². The minimum atomic E-state index is -3.75. The summed E-state index contributed by atoms with van der Waals surface area (Å²) in [7, 11) is -2.00. The average molecular weight is 628 g/mol. The molecule has 0 unspecified atom stereocenters. The molecule has 1 aliphatic carbocycles. The van der Waals surface area contributed by atoms with E-state index in [1.165, 1.54) is 18.3 Å². The second kappa shape index (κ2) is 12.2. The zero-order valence-corrected chi connectivity index (χ0v) is 27.2. The Kier molecular flexibility index (Phi) is 8.90. The van der Waals surface area contributed by atoms with E-state index in [0.29, 0.717) is 48.1 Å². The first-order valence-electron chi connectivity index (χ1n) is 15.1. The van der Waals surface area contributed by atoms with Gasteiger partial charge in [-0.25, -0.2) is 17.8 Å². The number of ether oxygens (including phenoxy) is 2. The van der Waals surface area contributed by atoms with Crippen LogP contribution in [0.15, 0.2) is 30.6 Å². The maximum atomic E-state index is 15.7. The van der Waals surface area contributed by atoms with E-state index in [4.69, 9.17) is 9.47 Å². The van der Waals surface area contributed by atoms with E-state index in [0.717, 1.165) is 5.56 Å². The number of fused-ring (bicyclic) bond motifs is 4. The van der Waals surface area contributed by atoms with Crippen LogP contribution in [0.25, 0.3) is 22.0 Å². The minimum Gasteiger partial charge on any atom is -0.475 e. The quantitative estimate of drug-likeness (QED) is 0.269. The summed E-state index contributed by atoms with van der Waals surface area (Å²) >= 11 is 0. The number of halogens is 1. The fraction of sp³-hybridized carbons (Fsp3) is 0.531. The van der Waals surface area contributed by atoms with Crippen molar-refractivity contribution >= 4 is 38.2 Å². The molecule has 1 spiro atoms. The maximum absolute atomic E-state index is 15.7. The van der Waals surface area contributed by atoms with Crippen molar-refractivity contribution in [2.75, 3.05) is 36.4 Å². The Labute approximate surface area is 258 Å². The molecule has 0 atom stereocenters. The molecule has 10 nitrogen and oxygen atoms in total. The summed E-state index contributed by atoms with van der Waals surface area (Å²) in [5, 5.41) is 3.21. The number of anilines is 2. The number of sulfonamides is 1. The normalized spacial score (nSPS) is 19.8. The molecular formula is C32H42FN5O5S. The Bertz CT molecular complexity index is 1670. The average Bonchev–Trinajstić information content (AvgIpc) is 3.15. The lowest BCUT2D eigenvalue weighted by molar-refractivity contribution is -0.129. The number of carbonyl (C=O) groups is 1. The Balaban J connectivity index is 1.56. The van der Waals surface area contributed by atoms with Crippen molar-refractivity contribution in [3.05, 3.63) is 42.0 Å². The van der Waals surface area contributed by atoms with Crippen LogP contribution in [0.4, 0.5) is 15.8 Å². The highest BCUT2D eigenvalue weighted by atomic mass is 32.2. The molecule has 1 amide bonds. The van der Waals surface area contributed by atoms with Crippen molar-refractivity contribution in [1.82, 2.24) is 15.3 Å². The standard InChI is InChI=1S/C32H42FN5O5S/c1-18(2)34-8-9-42-30-27(37-44(40,41)20(5)6)10-22(15-36-30)23-11-24-26(12-25(23)33)35-16-28-29(24)32(31(39)38(28)7)13-21(14-32)17-43-19(3)4/h10-12,15-16,18-21,34,37H,8-9,13-14,17H2,1-7H3/t21-,32-. The lowest BCUT2D eigenvalue weighted by atomic mass is 9.58. The lowest BCUT2D eigenvalue weighted by Crippen LogP contribution is -2.50. The third-order valence-electron chi connectivity index (χ3n) is 8.36. The first kappa shape index (κ1) is 32.1. The second-order valence-corrected chi connectivity index (χ2v) is 14.9. The zero-order chi connectivity index (χ0) is 32.0. The van der Waals surface area contributed by atoms with E-state index in [9.17, 15) is 13.2 Å². The minimum absolute atomic E-state index is 0.00831. The van der Waals surface area contributed by atoms with Crippen LogP contribution in [-0.4, -0.2) is 68.5 Å². The number of benzene rings is 1. The van der Waals surface area contributed by atoms with Crippen molar-refractivity contribution in [2.24, 2.45) is 5.92 Å². The molecule has 3 aromatic rings. The van der Waals surface area contributed by atoms with Gasteiger partial charge in [0.15, 0.2) is 0 Å². The SMILES string of the molecule is CC(C)NCCOc1ncc(-c2cc3c(cc2F)ncc2c3[C@]3(C[C@@H](COC(C)C)C3)C(=O)N2C)cc1NS(=O)(=O)C(C)C. The van der Waals surface area contributed by atoms with Crippen molar-refractivity contribution in [3.8, 4) is 17.0 Å². The Morgan fingerprint density at radius 3 is 2.48 bits per heavy atom. The van der Waals surface area contributed by atoms with Gasteiger partial charge in [0.1, 0.15) is 18.1 Å². The summed E-state index contributed by atoms with van der Waals surface area (Å²) in [5.74, 6) is -0.188. The first-order valence-corrected chi connectivity index (χ1v) is 16.7. The van der Waals surface area contributed by atoms with Gasteiger partial charge >= 0.3 is 0 Å². The molecular weight excluding hydrogens is 585 g/mol. The molecule has 1 saturated carbocycles. The lowest BCUT2D eigenvalue weighted by Gasteiger charge is -2.44. The molecule has 2 aliphatic rings. The molecule has 2 aromatic heterocycles. The maximum Gasteiger partial charge on any atom is 0.238 e. The number of pyridine rings is 2. The van der Waals surface area contributed by atoms with Gasteiger partial charge in [-0.05, 0) is 58.6 Å². The van der Waals surface area contributed by atoms with E-state index in [-0.39, 0.29) is 47.7 Å². The highest BCUT2D eigenvalue weighted by molar-refractivity contribution is 7.93. The molecule has 1 aromatic carbocycles. The number of amides is 1. The summed E-state index contributed by atoms with van der Waals surface area (Å²) in [6.07, 6.45) is 4.49. The molecule has 1 aliphatic heterocycles. The van der Waals surface area contributed by atoms with Crippen molar-refractivity contribution < 1.29 is 27.1 Å². The Morgan fingerprint density at radius 1 is 1.09 bits per heavy atom. The Morgan fingerprint density at radius 2 is 1.82 bits per heavy atom. The first-order chi connectivity index (χ1) is 20.7. The number of aromatic nitrogens is 2. The molecule has 2 N–H and O–H groups in total. The summed E-state index contributed by atoms with van der Waals surface area (Å²) in [4.78, 5) is 24.2. The van der Waals surface area contributed by atoms with Crippen LogP contribution in [-0.2, 0) is 25.0 Å². The largest absolute Gasteiger partial charge is 0.475 e. The number of nitrogens with zero attached hydrogens (tertiary/aromatic N) is 3. The van der Waals surface area contributed by atoms with E-state index in [1.54, 1.807) is 38.1 Å². The molecule has 0 bridgehead atoms. The van der Waals surface area contributed by atoms with Crippen LogP contribution >= 0.6 is 0 Å². The second-order valence-electron chi connectivity index (χ2n) is 12.7. The third kappa shape index (κ3) is 5.99. The fourth-order valence-electron chi connectivity index (χ4n) is 6.02. The van der Waals surface area contributed by atoms with Gasteiger partial charge in [-0.3, -0.25) is 14.5 Å². The van der Waals surface area contributed by atoms with Crippen LogP contribution in [0, 0.1) is 11.7 Å².